The molecule has 0 aliphatic carbocycles. The third-order valence-corrected chi connectivity index (χ3v) is 2.71. The summed E-state index contributed by atoms with van der Waals surface area (Å²) in [5, 5.41) is 26.4. The van der Waals surface area contributed by atoms with E-state index in [9.17, 15) is 10.2 Å². The van der Waals surface area contributed by atoms with Gasteiger partial charge in [-0.2, -0.15) is 5.10 Å². The monoisotopic (exact) mass is 247 g/mol. The zero-order chi connectivity index (χ0) is 13.1. The summed E-state index contributed by atoms with van der Waals surface area (Å²) in [6, 6.07) is 5.23. The molecule has 0 saturated carbocycles. The van der Waals surface area contributed by atoms with Gasteiger partial charge in [0.1, 0.15) is 0 Å². The summed E-state index contributed by atoms with van der Waals surface area (Å²) < 4.78 is 1.85. The first-order valence-corrected chi connectivity index (χ1v) is 5.85. The molecule has 18 heavy (non-hydrogen) atoms. The zero-order valence-electron chi connectivity index (χ0n) is 10.5. The van der Waals surface area contributed by atoms with Crippen molar-refractivity contribution in [1.82, 2.24) is 9.78 Å². The van der Waals surface area contributed by atoms with Gasteiger partial charge in [0.05, 0.1) is 11.9 Å². The van der Waals surface area contributed by atoms with E-state index in [4.69, 9.17) is 0 Å². The molecule has 0 aliphatic heterocycles. The first-order valence-electron chi connectivity index (χ1n) is 5.85. The lowest BCUT2D eigenvalue weighted by atomic mass is 10.2. The average molecular weight is 247 g/mol. The van der Waals surface area contributed by atoms with E-state index in [1.165, 1.54) is 6.07 Å². The van der Waals surface area contributed by atoms with E-state index >= 15 is 0 Å². The van der Waals surface area contributed by atoms with Crippen molar-refractivity contribution in [1.29, 1.82) is 0 Å². The molecule has 0 aliphatic rings. The summed E-state index contributed by atoms with van der Waals surface area (Å²) >= 11 is 0. The largest absolute Gasteiger partial charge is 0.504 e. The second kappa shape index (κ2) is 5.00. The maximum atomic E-state index is 9.66. The number of rotatable bonds is 4. The van der Waals surface area contributed by atoms with E-state index < -0.39 is 0 Å². The van der Waals surface area contributed by atoms with Crippen LogP contribution in [-0.2, 0) is 6.54 Å². The van der Waals surface area contributed by atoms with Crippen LogP contribution in [0.15, 0.2) is 30.6 Å². The molecule has 0 unspecified atom stereocenters. The molecule has 0 amide bonds. The van der Waals surface area contributed by atoms with Gasteiger partial charge in [-0.15, -0.1) is 0 Å². The molecule has 96 valence electrons. The number of aromatic hydroxyl groups is 2. The molecule has 0 saturated heterocycles. The molecule has 2 rings (SSSR count). The van der Waals surface area contributed by atoms with Crippen LogP contribution in [-0.4, -0.2) is 20.0 Å². The zero-order valence-corrected chi connectivity index (χ0v) is 10.5. The van der Waals surface area contributed by atoms with Gasteiger partial charge in [-0.25, -0.2) is 0 Å². The number of para-hydroxylation sites is 1. The van der Waals surface area contributed by atoms with Crippen molar-refractivity contribution in [3.05, 3.63) is 36.2 Å². The lowest BCUT2D eigenvalue weighted by Gasteiger charge is -2.07. The minimum absolute atomic E-state index is 0.0822. The van der Waals surface area contributed by atoms with E-state index in [2.05, 4.69) is 24.3 Å². The van der Waals surface area contributed by atoms with E-state index in [0.717, 1.165) is 5.69 Å². The number of benzene rings is 1. The molecule has 3 N–H and O–H groups in total. The van der Waals surface area contributed by atoms with E-state index in [0.29, 0.717) is 18.2 Å². The number of anilines is 1. The lowest BCUT2D eigenvalue weighted by Crippen LogP contribution is -2.01. The Morgan fingerprint density at radius 1 is 1.33 bits per heavy atom. The Bertz CT molecular complexity index is 535. The van der Waals surface area contributed by atoms with Crippen LogP contribution in [0.3, 0.4) is 0 Å². The van der Waals surface area contributed by atoms with Gasteiger partial charge in [-0.1, -0.05) is 12.1 Å². The number of nitrogens with one attached hydrogen (secondary N) is 1. The van der Waals surface area contributed by atoms with Crippen molar-refractivity contribution in [3.8, 4) is 11.5 Å². The van der Waals surface area contributed by atoms with Crippen molar-refractivity contribution in [2.45, 2.75) is 26.4 Å². The summed E-state index contributed by atoms with van der Waals surface area (Å²) in [7, 11) is 0. The minimum Gasteiger partial charge on any atom is -0.504 e. The quantitative estimate of drug-likeness (QED) is 0.726. The third kappa shape index (κ3) is 2.56. The van der Waals surface area contributed by atoms with Crippen molar-refractivity contribution in [2.24, 2.45) is 0 Å². The van der Waals surface area contributed by atoms with Gasteiger partial charge in [0.2, 0.25) is 0 Å². The molecular formula is C13H17N3O2. The van der Waals surface area contributed by atoms with Gasteiger partial charge < -0.3 is 15.5 Å². The number of hydrogen-bond acceptors (Lipinski definition) is 4. The van der Waals surface area contributed by atoms with E-state index in [1.54, 1.807) is 18.3 Å². The number of aromatic nitrogens is 2. The molecule has 1 aromatic heterocycles. The van der Waals surface area contributed by atoms with Crippen LogP contribution >= 0.6 is 0 Å². The van der Waals surface area contributed by atoms with Gasteiger partial charge in [-0.05, 0) is 19.9 Å². The Hall–Kier alpha value is -2.17. The summed E-state index contributed by atoms with van der Waals surface area (Å²) in [5.41, 5.74) is 1.53. The summed E-state index contributed by atoms with van der Waals surface area (Å²) in [5.74, 6) is -0.187. The highest BCUT2D eigenvalue weighted by atomic mass is 16.3. The van der Waals surface area contributed by atoms with E-state index in [1.807, 2.05) is 10.9 Å². The predicted octanol–water partition coefficient (Wildman–Crippen LogP) is 2.49. The molecule has 5 heteroatoms. The molecule has 0 bridgehead atoms. The molecular weight excluding hydrogens is 230 g/mol. The molecule has 0 atom stereocenters. The minimum atomic E-state index is -0.104. The Labute approximate surface area is 106 Å². The third-order valence-electron chi connectivity index (χ3n) is 2.71. The normalized spacial score (nSPS) is 10.8. The number of hydrogen-bond donors (Lipinski definition) is 3. The highest BCUT2D eigenvalue weighted by molar-refractivity contribution is 5.47. The van der Waals surface area contributed by atoms with Gasteiger partial charge in [-0.3, -0.25) is 4.68 Å². The molecule has 0 fully saturated rings. The van der Waals surface area contributed by atoms with Crippen LogP contribution < -0.4 is 5.32 Å². The van der Waals surface area contributed by atoms with Gasteiger partial charge in [0.25, 0.3) is 0 Å². The summed E-state index contributed by atoms with van der Waals surface area (Å²) in [6.07, 6.45) is 3.64. The SMILES string of the molecule is CC(C)n1cc(NCc2cccc(O)c2O)cn1. The van der Waals surface area contributed by atoms with Crippen LogP contribution in [0.25, 0.3) is 0 Å². The smallest absolute Gasteiger partial charge is 0.162 e. The Kier molecular flexibility index (Phi) is 3.41. The number of nitrogens with zero attached hydrogens (tertiary/aromatic N) is 2. The molecule has 0 radical (unpaired) electrons. The fraction of sp³-hybridized carbons (Fsp3) is 0.308. The van der Waals surface area contributed by atoms with Crippen molar-refractivity contribution in [3.63, 3.8) is 0 Å². The molecule has 5 nitrogen and oxygen atoms in total. The highest BCUT2D eigenvalue weighted by Gasteiger charge is 2.06. The summed E-state index contributed by atoms with van der Waals surface area (Å²) in [6.45, 7) is 4.54. The molecule has 2 aromatic rings. The fourth-order valence-electron chi connectivity index (χ4n) is 1.63. The Morgan fingerprint density at radius 2 is 2.11 bits per heavy atom. The Morgan fingerprint density at radius 3 is 2.78 bits per heavy atom. The Balaban J connectivity index is 2.04. The maximum absolute atomic E-state index is 9.66. The standard InChI is InChI=1S/C13H17N3O2/c1-9(2)16-8-11(7-15-16)14-6-10-4-3-5-12(17)13(10)18/h3-5,7-9,14,17-18H,6H2,1-2H3. The van der Waals surface area contributed by atoms with Gasteiger partial charge in [0.15, 0.2) is 11.5 Å². The average Bonchev–Trinajstić information content (AvgIpc) is 2.80. The van der Waals surface area contributed by atoms with Gasteiger partial charge >= 0.3 is 0 Å². The highest BCUT2D eigenvalue weighted by Crippen LogP contribution is 2.28. The second-order valence-corrected chi connectivity index (χ2v) is 4.44. The van der Waals surface area contributed by atoms with Gasteiger partial charge in [0, 0.05) is 24.3 Å². The van der Waals surface area contributed by atoms with Crippen LogP contribution in [0.5, 0.6) is 11.5 Å². The number of phenols is 2. The second-order valence-electron chi connectivity index (χ2n) is 4.44. The first kappa shape index (κ1) is 12.3. The fourth-order valence-corrected chi connectivity index (χ4v) is 1.63. The first-order chi connectivity index (χ1) is 8.58. The summed E-state index contributed by atoms with van der Waals surface area (Å²) in [4.78, 5) is 0. The van der Waals surface area contributed by atoms with Crippen molar-refractivity contribution in [2.75, 3.05) is 5.32 Å². The number of phenolic OH excluding ortho intramolecular Hbond substituents is 2. The molecule has 0 spiro atoms. The van der Waals surface area contributed by atoms with Crippen LogP contribution in [0, 0.1) is 0 Å². The van der Waals surface area contributed by atoms with Crippen LogP contribution in [0.2, 0.25) is 0 Å². The molecule has 1 aromatic carbocycles. The topological polar surface area (TPSA) is 70.3 Å². The van der Waals surface area contributed by atoms with Crippen LogP contribution in [0.1, 0.15) is 25.5 Å². The lowest BCUT2D eigenvalue weighted by molar-refractivity contribution is 0.400. The van der Waals surface area contributed by atoms with E-state index in [-0.39, 0.29) is 11.5 Å². The predicted molar refractivity (Wildman–Crippen MR) is 69.7 cm³/mol. The van der Waals surface area contributed by atoms with Crippen molar-refractivity contribution < 1.29 is 10.2 Å². The van der Waals surface area contributed by atoms with Crippen LogP contribution in [0.4, 0.5) is 5.69 Å². The molecule has 1 heterocycles. The van der Waals surface area contributed by atoms with Crippen molar-refractivity contribution >= 4 is 5.69 Å². The maximum Gasteiger partial charge on any atom is 0.162 e.